The van der Waals surface area contributed by atoms with Crippen LogP contribution in [0.2, 0.25) is 0 Å². The standard InChI is InChI=1S/C17H19N3S/c1-12-9-13(2)16(14(3)10-12)11-18-20-17(21)19-15-7-5-4-6-8-15/h4-11H,1-3H3,(H2,19,20,21)/b18-11+. The fraction of sp³-hybridized carbons (Fsp3) is 0.176. The van der Waals surface area contributed by atoms with Gasteiger partial charge < -0.3 is 5.32 Å². The third-order valence-corrected chi connectivity index (χ3v) is 3.32. The van der Waals surface area contributed by atoms with Crippen LogP contribution >= 0.6 is 12.2 Å². The fourth-order valence-corrected chi connectivity index (χ4v) is 2.40. The highest BCUT2D eigenvalue weighted by atomic mass is 32.1. The minimum atomic E-state index is 0.472. The summed E-state index contributed by atoms with van der Waals surface area (Å²) in [5, 5.41) is 7.76. The van der Waals surface area contributed by atoms with Crippen molar-refractivity contribution >= 4 is 29.2 Å². The Balaban J connectivity index is 1.98. The van der Waals surface area contributed by atoms with E-state index >= 15 is 0 Å². The summed E-state index contributed by atoms with van der Waals surface area (Å²) in [5.74, 6) is 0. The molecule has 0 saturated carbocycles. The van der Waals surface area contributed by atoms with Crippen LogP contribution < -0.4 is 10.7 Å². The lowest BCUT2D eigenvalue weighted by Crippen LogP contribution is -2.23. The summed E-state index contributed by atoms with van der Waals surface area (Å²) in [5.41, 5.74) is 8.57. The summed E-state index contributed by atoms with van der Waals surface area (Å²) in [6.07, 6.45) is 1.81. The van der Waals surface area contributed by atoms with E-state index in [1.54, 1.807) is 0 Å². The highest BCUT2D eigenvalue weighted by molar-refractivity contribution is 7.80. The van der Waals surface area contributed by atoms with Gasteiger partial charge in [0.15, 0.2) is 5.11 Å². The molecule has 0 spiro atoms. The zero-order chi connectivity index (χ0) is 15.2. The molecular formula is C17H19N3S. The minimum Gasteiger partial charge on any atom is -0.331 e. The van der Waals surface area contributed by atoms with E-state index in [0.29, 0.717) is 5.11 Å². The van der Waals surface area contributed by atoms with Crippen molar-refractivity contribution in [3.63, 3.8) is 0 Å². The molecule has 0 saturated heterocycles. The highest BCUT2D eigenvalue weighted by Crippen LogP contribution is 2.14. The topological polar surface area (TPSA) is 36.4 Å². The van der Waals surface area contributed by atoms with Gasteiger partial charge in [-0.2, -0.15) is 5.10 Å². The Morgan fingerprint density at radius 2 is 1.67 bits per heavy atom. The first kappa shape index (κ1) is 15.2. The normalized spacial score (nSPS) is 10.6. The molecule has 2 N–H and O–H groups in total. The first-order valence-electron chi connectivity index (χ1n) is 6.79. The van der Waals surface area contributed by atoms with E-state index in [2.05, 4.69) is 48.7 Å². The second-order valence-corrected chi connectivity index (χ2v) is 5.41. The molecule has 0 atom stereocenters. The molecular weight excluding hydrogens is 278 g/mol. The van der Waals surface area contributed by atoms with Gasteiger partial charge in [0.25, 0.3) is 0 Å². The van der Waals surface area contributed by atoms with Crippen molar-refractivity contribution in [3.05, 3.63) is 64.7 Å². The van der Waals surface area contributed by atoms with Crippen LogP contribution in [0, 0.1) is 20.8 Å². The molecule has 0 fully saturated rings. The van der Waals surface area contributed by atoms with Crippen LogP contribution in [0.4, 0.5) is 5.69 Å². The number of nitrogens with one attached hydrogen (secondary N) is 2. The number of anilines is 1. The van der Waals surface area contributed by atoms with Gasteiger partial charge >= 0.3 is 0 Å². The van der Waals surface area contributed by atoms with Gasteiger partial charge in [-0.3, -0.25) is 5.43 Å². The molecule has 2 rings (SSSR count). The van der Waals surface area contributed by atoms with Gasteiger partial charge in [0.05, 0.1) is 6.21 Å². The van der Waals surface area contributed by atoms with Crippen LogP contribution in [-0.2, 0) is 0 Å². The van der Waals surface area contributed by atoms with Gasteiger partial charge in [-0.1, -0.05) is 35.9 Å². The third kappa shape index (κ3) is 4.39. The van der Waals surface area contributed by atoms with E-state index in [4.69, 9.17) is 12.2 Å². The maximum absolute atomic E-state index is 5.20. The van der Waals surface area contributed by atoms with Crippen LogP contribution in [0.25, 0.3) is 0 Å². The second-order valence-electron chi connectivity index (χ2n) is 5.00. The van der Waals surface area contributed by atoms with Crippen molar-refractivity contribution in [1.29, 1.82) is 0 Å². The van der Waals surface area contributed by atoms with E-state index in [1.807, 2.05) is 36.5 Å². The first-order chi connectivity index (χ1) is 10.1. The fourth-order valence-electron chi connectivity index (χ4n) is 2.23. The van der Waals surface area contributed by atoms with Gasteiger partial charge in [-0.15, -0.1) is 0 Å². The Morgan fingerprint density at radius 3 is 2.29 bits per heavy atom. The van der Waals surface area contributed by atoms with Crippen molar-refractivity contribution in [2.75, 3.05) is 5.32 Å². The average molecular weight is 297 g/mol. The van der Waals surface area contributed by atoms with E-state index < -0.39 is 0 Å². The summed E-state index contributed by atoms with van der Waals surface area (Å²) in [6, 6.07) is 14.1. The lowest BCUT2D eigenvalue weighted by molar-refractivity contribution is 1.05. The number of para-hydroxylation sites is 1. The number of rotatable bonds is 3. The van der Waals surface area contributed by atoms with E-state index in [1.165, 1.54) is 16.7 Å². The van der Waals surface area contributed by atoms with Crippen molar-refractivity contribution in [3.8, 4) is 0 Å². The van der Waals surface area contributed by atoms with Crippen molar-refractivity contribution < 1.29 is 0 Å². The molecule has 21 heavy (non-hydrogen) atoms. The van der Waals surface area contributed by atoms with Crippen molar-refractivity contribution in [1.82, 2.24) is 5.43 Å². The van der Waals surface area contributed by atoms with E-state index in [0.717, 1.165) is 11.3 Å². The summed E-state index contributed by atoms with van der Waals surface area (Å²) in [7, 11) is 0. The number of aryl methyl sites for hydroxylation is 3. The maximum Gasteiger partial charge on any atom is 0.191 e. The smallest absolute Gasteiger partial charge is 0.191 e. The largest absolute Gasteiger partial charge is 0.331 e. The predicted octanol–water partition coefficient (Wildman–Crippen LogP) is 3.93. The van der Waals surface area contributed by atoms with Gasteiger partial charge in [-0.25, -0.2) is 0 Å². The lowest BCUT2D eigenvalue weighted by atomic mass is 10.0. The molecule has 3 nitrogen and oxygen atoms in total. The maximum atomic E-state index is 5.20. The number of hydrogen-bond donors (Lipinski definition) is 2. The zero-order valence-corrected chi connectivity index (χ0v) is 13.3. The lowest BCUT2D eigenvalue weighted by Gasteiger charge is -2.08. The van der Waals surface area contributed by atoms with E-state index in [9.17, 15) is 0 Å². The molecule has 0 aliphatic heterocycles. The zero-order valence-electron chi connectivity index (χ0n) is 12.5. The molecule has 2 aromatic carbocycles. The Hall–Kier alpha value is -2.20. The van der Waals surface area contributed by atoms with Gasteiger partial charge in [0.2, 0.25) is 0 Å². The Bertz CT molecular complexity index is 640. The van der Waals surface area contributed by atoms with Crippen LogP contribution in [0.3, 0.4) is 0 Å². The second kappa shape index (κ2) is 6.99. The molecule has 0 heterocycles. The predicted molar refractivity (Wildman–Crippen MR) is 94.0 cm³/mol. The Kier molecular flexibility index (Phi) is 5.06. The van der Waals surface area contributed by atoms with Crippen LogP contribution in [-0.4, -0.2) is 11.3 Å². The molecule has 0 aliphatic rings. The minimum absolute atomic E-state index is 0.472. The molecule has 0 unspecified atom stereocenters. The molecule has 0 aliphatic carbocycles. The molecule has 0 bridgehead atoms. The molecule has 0 amide bonds. The average Bonchev–Trinajstić information content (AvgIpc) is 2.42. The molecule has 0 aromatic heterocycles. The van der Waals surface area contributed by atoms with Gasteiger partial charge in [-0.05, 0) is 56.2 Å². The van der Waals surface area contributed by atoms with Crippen LogP contribution in [0.1, 0.15) is 22.3 Å². The van der Waals surface area contributed by atoms with Gasteiger partial charge in [0, 0.05) is 11.3 Å². The van der Waals surface area contributed by atoms with E-state index in [-0.39, 0.29) is 0 Å². The number of hydrogen-bond acceptors (Lipinski definition) is 2. The molecule has 2 aromatic rings. The summed E-state index contributed by atoms with van der Waals surface area (Å²) in [4.78, 5) is 0. The number of hydrazone groups is 1. The highest BCUT2D eigenvalue weighted by Gasteiger charge is 2.01. The van der Waals surface area contributed by atoms with Crippen LogP contribution in [0.5, 0.6) is 0 Å². The number of benzene rings is 2. The number of thiocarbonyl (C=S) groups is 1. The number of nitrogens with zero attached hydrogens (tertiary/aromatic N) is 1. The monoisotopic (exact) mass is 297 g/mol. The third-order valence-electron chi connectivity index (χ3n) is 3.13. The van der Waals surface area contributed by atoms with Crippen molar-refractivity contribution in [2.24, 2.45) is 5.10 Å². The quantitative estimate of drug-likeness (QED) is 0.512. The Morgan fingerprint density at radius 1 is 1.05 bits per heavy atom. The molecule has 0 radical (unpaired) electrons. The molecule has 108 valence electrons. The Labute approximate surface area is 131 Å². The van der Waals surface area contributed by atoms with Crippen LogP contribution in [0.15, 0.2) is 47.6 Å². The van der Waals surface area contributed by atoms with Crippen molar-refractivity contribution in [2.45, 2.75) is 20.8 Å². The summed E-state index contributed by atoms with van der Waals surface area (Å²) in [6.45, 7) is 6.27. The summed E-state index contributed by atoms with van der Waals surface area (Å²) < 4.78 is 0. The summed E-state index contributed by atoms with van der Waals surface area (Å²) >= 11 is 5.20. The SMILES string of the molecule is Cc1cc(C)c(/C=N/NC(=S)Nc2ccccc2)c(C)c1. The first-order valence-corrected chi connectivity index (χ1v) is 7.20. The van der Waals surface area contributed by atoms with Gasteiger partial charge in [0.1, 0.15) is 0 Å². The molecule has 4 heteroatoms.